The van der Waals surface area contributed by atoms with Gasteiger partial charge in [0.1, 0.15) is 5.70 Å². The Kier molecular flexibility index (Phi) is 5.63. The molecule has 0 fully saturated rings. The Morgan fingerprint density at radius 2 is 2.17 bits per heavy atom. The molecule has 1 aliphatic heterocycles. The van der Waals surface area contributed by atoms with Gasteiger partial charge >= 0.3 is 5.97 Å². The smallest absolute Gasteiger partial charge is 0.337 e. The van der Waals surface area contributed by atoms with Gasteiger partial charge in [-0.3, -0.25) is 4.79 Å². The van der Waals surface area contributed by atoms with Gasteiger partial charge in [-0.15, -0.1) is 0 Å². The first-order valence-electron chi connectivity index (χ1n) is 6.94. The summed E-state index contributed by atoms with van der Waals surface area (Å²) >= 11 is 5.92. The Hall–Kier alpha value is -2.32. The molecule has 0 aliphatic carbocycles. The van der Waals surface area contributed by atoms with Crippen LogP contribution >= 0.6 is 11.6 Å². The van der Waals surface area contributed by atoms with E-state index < -0.39 is 17.7 Å². The molecule has 1 amide bonds. The fourth-order valence-electron chi connectivity index (χ4n) is 2.32. The van der Waals surface area contributed by atoms with Gasteiger partial charge in [-0.05, 0) is 6.07 Å². The van der Waals surface area contributed by atoms with E-state index in [-0.39, 0.29) is 47.4 Å². The van der Waals surface area contributed by atoms with Crippen LogP contribution < -0.4 is 10.1 Å². The molecule has 0 saturated heterocycles. The SMILES string of the molecule is COC(=O)C1=C(Nc2cc(F)c(OC)c(Cl)c2)C(=O)N(CCO)C1. The average Bonchev–Trinajstić information content (AvgIpc) is 2.84. The second-order valence-electron chi connectivity index (χ2n) is 4.89. The number of carbonyl (C=O) groups is 2. The molecule has 0 unspecified atom stereocenters. The third-order valence-electron chi connectivity index (χ3n) is 3.43. The highest BCUT2D eigenvalue weighted by Crippen LogP contribution is 2.32. The minimum Gasteiger partial charge on any atom is -0.492 e. The zero-order valence-corrected chi connectivity index (χ0v) is 13.8. The predicted octanol–water partition coefficient (Wildman–Crippen LogP) is 1.16. The third-order valence-corrected chi connectivity index (χ3v) is 3.71. The van der Waals surface area contributed by atoms with Crippen molar-refractivity contribution in [2.45, 2.75) is 0 Å². The van der Waals surface area contributed by atoms with Crippen LogP contribution in [0.25, 0.3) is 0 Å². The standard InChI is InChI=1S/C15H16ClFN2O5/c1-23-13-10(16)5-8(6-11(13)17)18-12-9(15(22)24-2)7-19(3-4-20)14(12)21/h5-6,18,20H,3-4,7H2,1-2H3. The molecule has 1 aromatic carbocycles. The van der Waals surface area contributed by atoms with E-state index in [1.165, 1.54) is 25.2 Å². The quantitative estimate of drug-likeness (QED) is 0.742. The summed E-state index contributed by atoms with van der Waals surface area (Å²) in [5.41, 5.74) is 0.216. The van der Waals surface area contributed by atoms with E-state index in [1.807, 2.05) is 0 Å². The minimum absolute atomic E-state index is 0.0119. The maximum atomic E-state index is 13.9. The highest BCUT2D eigenvalue weighted by molar-refractivity contribution is 6.32. The van der Waals surface area contributed by atoms with Gasteiger partial charge in [0.15, 0.2) is 11.6 Å². The number of methoxy groups -OCH3 is 2. The molecule has 0 bridgehead atoms. The molecule has 0 spiro atoms. The lowest BCUT2D eigenvalue weighted by molar-refractivity contribution is -0.136. The summed E-state index contributed by atoms with van der Waals surface area (Å²) in [5.74, 6) is -2.03. The number of nitrogens with one attached hydrogen (secondary N) is 1. The van der Waals surface area contributed by atoms with Crippen LogP contribution in [0.3, 0.4) is 0 Å². The number of ether oxygens (including phenoxy) is 2. The summed E-state index contributed by atoms with van der Waals surface area (Å²) in [5, 5.41) is 11.7. The van der Waals surface area contributed by atoms with E-state index in [2.05, 4.69) is 10.1 Å². The number of hydrogen-bond donors (Lipinski definition) is 2. The van der Waals surface area contributed by atoms with E-state index in [1.54, 1.807) is 0 Å². The van der Waals surface area contributed by atoms with Crippen LogP contribution in [0.4, 0.5) is 10.1 Å². The first-order valence-corrected chi connectivity index (χ1v) is 7.32. The van der Waals surface area contributed by atoms with Crippen LogP contribution in [-0.4, -0.2) is 55.8 Å². The number of anilines is 1. The molecule has 1 aromatic rings. The number of rotatable bonds is 6. The van der Waals surface area contributed by atoms with Crippen LogP contribution in [0.15, 0.2) is 23.4 Å². The zero-order chi connectivity index (χ0) is 17.9. The van der Waals surface area contributed by atoms with Crippen LogP contribution in [0.1, 0.15) is 0 Å². The maximum absolute atomic E-state index is 13.9. The molecule has 2 N–H and O–H groups in total. The van der Waals surface area contributed by atoms with Gasteiger partial charge in [-0.2, -0.15) is 0 Å². The molecule has 1 heterocycles. The van der Waals surface area contributed by atoms with Crippen LogP contribution in [-0.2, 0) is 14.3 Å². The predicted molar refractivity (Wildman–Crippen MR) is 84.3 cm³/mol. The van der Waals surface area contributed by atoms with E-state index in [0.29, 0.717) is 0 Å². The number of nitrogens with zero attached hydrogens (tertiary/aromatic N) is 1. The molecular weight excluding hydrogens is 343 g/mol. The lowest BCUT2D eigenvalue weighted by Gasteiger charge is -2.15. The van der Waals surface area contributed by atoms with Gasteiger partial charge in [0.05, 0.1) is 38.0 Å². The van der Waals surface area contributed by atoms with Crippen LogP contribution in [0.5, 0.6) is 5.75 Å². The van der Waals surface area contributed by atoms with Crippen molar-refractivity contribution in [3.05, 3.63) is 34.2 Å². The molecule has 2 rings (SSSR count). The Morgan fingerprint density at radius 1 is 1.46 bits per heavy atom. The summed E-state index contributed by atoms with van der Waals surface area (Å²) in [6.45, 7) is -0.209. The molecule has 0 radical (unpaired) electrons. The van der Waals surface area contributed by atoms with Gasteiger partial charge in [0, 0.05) is 18.3 Å². The zero-order valence-electron chi connectivity index (χ0n) is 13.1. The average molecular weight is 359 g/mol. The van der Waals surface area contributed by atoms with E-state index in [0.717, 1.165) is 6.07 Å². The number of halogens is 2. The molecule has 130 valence electrons. The molecule has 24 heavy (non-hydrogen) atoms. The van der Waals surface area contributed by atoms with Gasteiger partial charge < -0.3 is 24.8 Å². The second kappa shape index (κ2) is 7.50. The van der Waals surface area contributed by atoms with Crippen molar-refractivity contribution in [1.29, 1.82) is 0 Å². The highest BCUT2D eigenvalue weighted by atomic mass is 35.5. The largest absolute Gasteiger partial charge is 0.492 e. The lowest BCUT2D eigenvalue weighted by atomic mass is 10.2. The monoisotopic (exact) mass is 358 g/mol. The topological polar surface area (TPSA) is 88.1 Å². The first-order chi connectivity index (χ1) is 11.4. The number of β-amino-alcohol motifs (C(OH)–C–C–N with tert-alkyl or cyclic N) is 1. The maximum Gasteiger partial charge on any atom is 0.337 e. The molecule has 0 atom stereocenters. The van der Waals surface area contributed by atoms with E-state index >= 15 is 0 Å². The van der Waals surface area contributed by atoms with Crippen LogP contribution in [0.2, 0.25) is 5.02 Å². The summed E-state index contributed by atoms with van der Waals surface area (Å²) in [4.78, 5) is 25.5. The number of amides is 1. The Morgan fingerprint density at radius 3 is 2.71 bits per heavy atom. The fourth-order valence-corrected chi connectivity index (χ4v) is 2.61. The van der Waals surface area contributed by atoms with E-state index in [4.69, 9.17) is 21.4 Å². The number of aliphatic hydroxyl groups is 1. The Balaban J connectivity index is 2.37. The van der Waals surface area contributed by atoms with Gasteiger partial charge in [0.2, 0.25) is 0 Å². The summed E-state index contributed by atoms with van der Waals surface area (Å²) < 4.78 is 23.4. The molecule has 0 saturated carbocycles. The number of hydrogen-bond acceptors (Lipinski definition) is 6. The first kappa shape index (κ1) is 18.0. The van der Waals surface area contributed by atoms with Crippen LogP contribution in [0, 0.1) is 5.82 Å². The summed E-state index contributed by atoms with van der Waals surface area (Å²) in [6, 6.07) is 2.46. The number of carbonyl (C=O) groups excluding carboxylic acids is 2. The fraction of sp³-hybridized carbons (Fsp3) is 0.333. The van der Waals surface area contributed by atoms with E-state index in [9.17, 15) is 14.0 Å². The Bertz CT molecular complexity index is 684. The van der Waals surface area contributed by atoms with Crippen molar-refractivity contribution in [1.82, 2.24) is 4.90 Å². The number of aliphatic hydroxyl groups excluding tert-OH is 1. The molecule has 1 aliphatic rings. The van der Waals surface area contributed by atoms with Crippen molar-refractivity contribution in [3.8, 4) is 5.75 Å². The lowest BCUT2D eigenvalue weighted by Crippen LogP contribution is -2.31. The van der Waals surface area contributed by atoms with Crippen molar-refractivity contribution in [2.75, 3.05) is 39.2 Å². The van der Waals surface area contributed by atoms with Crippen molar-refractivity contribution in [2.24, 2.45) is 0 Å². The van der Waals surface area contributed by atoms with Gasteiger partial charge in [-0.1, -0.05) is 11.6 Å². The van der Waals surface area contributed by atoms with Crippen molar-refractivity contribution in [3.63, 3.8) is 0 Å². The Labute approximate surface area is 142 Å². The molecular formula is C15H16ClFN2O5. The summed E-state index contributed by atoms with van der Waals surface area (Å²) in [7, 11) is 2.47. The molecule has 9 heteroatoms. The minimum atomic E-state index is -0.717. The molecule has 0 aromatic heterocycles. The van der Waals surface area contributed by atoms with Gasteiger partial charge in [0.25, 0.3) is 5.91 Å². The highest BCUT2D eigenvalue weighted by Gasteiger charge is 2.34. The van der Waals surface area contributed by atoms with Gasteiger partial charge in [-0.25, -0.2) is 9.18 Å². The third kappa shape index (κ3) is 3.44. The van der Waals surface area contributed by atoms with Crippen molar-refractivity contribution < 1.29 is 28.6 Å². The number of benzene rings is 1. The second-order valence-corrected chi connectivity index (χ2v) is 5.30. The number of esters is 1. The summed E-state index contributed by atoms with van der Waals surface area (Å²) in [6.07, 6.45) is 0. The molecule has 7 nitrogen and oxygen atoms in total. The van der Waals surface area contributed by atoms with Crippen molar-refractivity contribution >= 4 is 29.2 Å². The normalized spacial score (nSPS) is 14.2.